The summed E-state index contributed by atoms with van der Waals surface area (Å²) in [6.07, 6.45) is 0. The van der Waals surface area contributed by atoms with Crippen LogP contribution < -0.4 is 5.73 Å². The Morgan fingerprint density at radius 2 is 1.78 bits per heavy atom. The lowest BCUT2D eigenvalue weighted by Crippen LogP contribution is -2.04. The van der Waals surface area contributed by atoms with Crippen LogP contribution in [0.25, 0.3) is 10.8 Å². The number of phenolic OH excluding ortho intramolecular Hbond substituents is 1. The molecule has 0 aliphatic heterocycles. The molecule has 2 rings (SSSR count). The van der Waals surface area contributed by atoms with Crippen LogP contribution in [0.3, 0.4) is 0 Å². The van der Waals surface area contributed by atoms with Crippen LogP contribution in [-0.2, 0) is 10.1 Å². The molecule has 2 aromatic carbocycles. The van der Waals surface area contributed by atoms with E-state index in [9.17, 15) is 13.5 Å². The van der Waals surface area contributed by atoms with Gasteiger partial charge in [0, 0.05) is 10.8 Å². The maximum atomic E-state index is 11.3. The van der Waals surface area contributed by atoms with Crippen molar-refractivity contribution in [2.24, 2.45) is 5.11 Å². The van der Waals surface area contributed by atoms with E-state index in [2.05, 4.69) is 5.11 Å². The SMILES string of the molecule is N=Nc1c(S(=O)(=O)O)c(N)c(O)c2ccccc12. The molecule has 7 nitrogen and oxygen atoms in total. The molecule has 0 aliphatic carbocycles. The molecule has 0 spiro atoms. The van der Waals surface area contributed by atoms with Gasteiger partial charge in [0.15, 0.2) is 0 Å². The Bertz CT molecular complexity index is 755. The van der Waals surface area contributed by atoms with E-state index >= 15 is 0 Å². The summed E-state index contributed by atoms with van der Waals surface area (Å²) >= 11 is 0. The number of hydrogen-bond acceptors (Lipinski definition) is 6. The molecule has 0 heterocycles. The number of rotatable bonds is 2. The van der Waals surface area contributed by atoms with E-state index < -0.39 is 26.5 Å². The summed E-state index contributed by atoms with van der Waals surface area (Å²) in [7, 11) is -4.69. The topological polar surface area (TPSA) is 137 Å². The second-order valence-corrected chi connectivity index (χ2v) is 4.93. The lowest BCUT2D eigenvalue weighted by Gasteiger charge is -2.11. The van der Waals surface area contributed by atoms with E-state index in [0.717, 1.165) is 0 Å². The van der Waals surface area contributed by atoms with Crippen LogP contribution in [0.1, 0.15) is 0 Å². The van der Waals surface area contributed by atoms with Gasteiger partial charge >= 0.3 is 0 Å². The van der Waals surface area contributed by atoms with E-state index in [-0.39, 0.29) is 16.5 Å². The number of nitrogens with one attached hydrogen (secondary N) is 1. The van der Waals surface area contributed by atoms with Gasteiger partial charge in [-0.25, -0.2) is 5.53 Å². The third-order valence-corrected chi connectivity index (χ3v) is 3.45. The summed E-state index contributed by atoms with van der Waals surface area (Å²) in [5, 5.41) is 13.4. The van der Waals surface area contributed by atoms with Crippen LogP contribution in [0.4, 0.5) is 11.4 Å². The number of phenols is 1. The van der Waals surface area contributed by atoms with Crippen molar-refractivity contribution in [1.29, 1.82) is 5.53 Å². The van der Waals surface area contributed by atoms with E-state index in [1.54, 1.807) is 12.1 Å². The standard InChI is InChI=1S/C10H9N3O4S/c11-7-9(14)6-4-2-1-3-5(6)8(13-12)10(7)18(15,16)17/h1-4,12,14H,11H2,(H,15,16,17). The van der Waals surface area contributed by atoms with E-state index in [1.807, 2.05) is 0 Å². The van der Waals surface area contributed by atoms with Crippen molar-refractivity contribution in [2.45, 2.75) is 4.90 Å². The summed E-state index contributed by atoms with van der Waals surface area (Å²) < 4.78 is 31.6. The third kappa shape index (κ3) is 1.67. The molecule has 18 heavy (non-hydrogen) atoms. The quantitative estimate of drug-likeness (QED) is 0.285. The molecule has 0 fully saturated rings. The number of fused-ring (bicyclic) bond motifs is 1. The van der Waals surface area contributed by atoms with Crippen molar-refractivity contribution >= 4 is 32.3 Å². The lowest BCUT2D eigenvalue weighted by atomic mass is 10.1. The predicted octanol–water partition coefficient (Wildman–Crippen LogP) is 2.04. The zero-order valence-electron chi connectivity index (χ0n) is 8.95. The maximum Gasteiger partial charge on any atom is 0.298 e. The minimum atomic E-state index is -4.69. The molecule has 0 aliphatic rings. The smallest absolute Gasteiger partial charge is 0.298 e. The average molecular weight is 267 g/mol. The first kappa shape index (κ1) is 12.3. The Labute approximate surface area is 102 Å². The number of nitrogens with zero attached hydrogens (tertiary/aromatic N) is 1. The summed E-state index contributed by atoms with van der Waals surface area (Å²) in [6.45, 7) is 0. The van der Waals surface area contributed by atoms with Gasteiger partial charge in [-0.05, 0) is 0 Å². The van der Waals surface area contributed by atoms with Crippen LogP contribution in [0.5, 0.6) is 5.75 Å². The summed E-state index contributed by atoms with van der Waals surface area (Å²) in [5.41, 5.74) is 11.7. The van der Waals surface area contributed by atoms with Crippen LogP contribution in [0, 0.1) is 5.53 Å². The van der Waals surface area contributed by atoms with Gasteiger partial charge in [0.1, 0.15) is 16.3 Å². The highest BCUT2D eigenvalue weighted by Crippen LogP contribution is 2.44. The second-order valence-electron chi connectivity index (χ2n) is 3.57. The van der Waals surface area contributed by atoms with Gasteiger partial charge in [-0.3, -0.25) is 4.55 Å². The fourth-order valence-corrected chi connectivity index (χ4v) is 2.55. The molecule has 0 atom stereocenters. The van der Waals surface area contributed by atoms with Gasteiger partial charge in [-0.2, -0.15) is 13.5 Å². The Morgan fingerprint density at radius 3 is 2.28 bits per heavy atom. The highest BCUT2D eigenvalue weighted by molar-refractivity contribution is 7.86. The van der Waals surface area contributed by atoms with Crippen molar-refractivity contribution in [3.63, 3.8) is 0 Å². The molecular weight excluding hydrogens is 258 g/mol. The van der Waals surface area contributed by atoms with Crippen LogP contribution in [-0.4, -0.2) is 18.1 Å². The van der Waals surface area contributed by atoms with Crippen molar-refractivity contribution in [1.82, 2.24) is 0 Å². The maximum absolute atomic E-state index is 11.3. The molecule has 8 heteroatoms. The predicted molar refractivity (Wildman–Crippen MR) is 64.6 cm³/mol. The molecule has 94 valence electrons. The molecule has 0 bridgehead atoms. The molecule has 0 saturated carbocycles. The fourth-order valence-electron chi connectivity index (χ4n) is 1.77. The molecular formula is C10H9N3O4S. The molecule has 0 unspecified atom stereocenters. The molecule has 0 radical (unpaired) electrons. The summed E-state index contributed by atoms with van der Waals surface area (Å²) in [6, 6.07) is 6.17. The van der Waals surface area contributed by atoms with Crippen molar-refractivity contribution in [3.05, 3.63) is 24.3 Å². The number of aromatic hydroxyl groups is 1. The minimum Gasteiger partial charge on any atom is -0.505 e. The Balaban J connectivity index is 3.14. The van der Waals surface area contributed by atoms with Crippen molar-refractivity contribution < 1.29 is 18.1 Å². The zero-order chi connectivity index (χ0) is 13.5. The Morgan fingerprint density at radius 1 is 1.22 bits per heavy atom. The normalized spacial score (nSPS) is 11.6. The average Bonchev–Trinajstić information content (AvgIpc) is 2.32. The number of benzene rings is 2. The number of hydrogen-bond donors (Lipinski definition) is 4. The van der Waals surface area contributed by atoms with E-state index in [1.165, 1.54) is 12.1 Å². The Hall–Kier alpha value is -2.19. The fraction of sp³-hybridized carbons (Fsp3) is 0. The molecule has 0 aromatic heterocycles. The van der Waals surface area contributed by atoms with Crippen molar-refractivity contribution in [3.8, 4) is 5.75 Å². The summed E-state index contributed by atoms with van der Waals surface area (Å²) in [5.74, 6) is -0.467. The van der Waals surface area contributed by atoms with Crippen molar-refractivity contribution in [2.75, 3.05) is 5.73 Å². The van der Waals surface area contributed by atoms with Crippen LogP contribution >= 0.6 is 0 Å². The van der Waals surface area contributed by atoms with Gasteiger partial charge in [0.05, 0.1) is 5.69 Å². The van der Waals surface area contributed by atoms with Gasteiger partial charge in [-0.15, -0.1) is 0 Å². The highest BCUT2D eigenvalue weighted by atomic mass is 32.2. The van der Waals surface area contributed by atoms with Crippen LogP contribution in [0.15, 0.2) is 34.3 Å². The minimum absolute atomic E-state index is 0.215. The molecule has 2 aromatic rings. The first-order chi connectivity index (χ1) is 8.38. The second kappa shape index (κ2) is 3.93. The number of nitrogen functional groups attached to an aromatic ring is 1. The third-order valence-electron chi connectivity index (χ3n) is 2.52. The number of anilines is 1. The van der Waals surface area contributed by atoms with Crippen LogP contribution in [0.2, 0.25) is 0 Å². The van der Waals surface area contributed by atoms with Gasteiger partial charge < -0.3 is 10.8 Å². The lowest BCUT2D eigenvalue weighted by molar-refractivity contribution is 0.474. The van der Waals surface area contributed by atoms with Gasteiger partial charge in [0.2, 0.25) is 0 Å². The Kier molecular flexibility index (Phi) is 2.68. The largest absolute Gasteiger partial charge is 0.505 e. The molecule has 0 saturated heterocycles. The van der Waals surface area contributed by atoms with E-state index in [4.69, 9.17) is 15.8 Å². The molecule has 5 N–H and O–H groups in total. The first-order valence-electron chi connectivity index (χ1n) is 4.76. The van der Waals surface area contributed by atoms with Gasteiger partial charge in [0.25, 0.3) is 10.1 Å². The first-order valence-corrected chi connectivity index (χ1v) is 6.20. The number of nitrogens with two attached hydrogens (primary N) is 1. The zero-order valence-corrected chi connectivity index (χ0v) is 9.77. The van der Waals surface area contributed by atoms with E-state index in [0.29, 0.717) is 0 Å². The summed E-state index contributed by atoms with van der Waals surface area (Å²) in [4.78, 5) is -0.756. The highest BCUT2D eigenvalue weighted by Gasteiger charge is 2.25. The molecule has 0 amide bonds. The monoisotopic (exact) mass is 267 g/mol. The van der Waals surface area contributed by atoms with Gasteiger partial charge in [-0.1, -0.05) is 24.3 Å².